The lowest BCUT2D eigenvalue weighted by atomic mass is 9.87. The summed E-state index contributed by atoms with van der Waals surface area (Å²) in [5.41, 5.74) is 4.46. The van der Waals surface area contributed by atoms with Gasteiger partial charge < -0.3 is 28.8 Å². The van der Waals surface area contributed by atoms with Crippen molar-refractivity contribution in [1.82, 2.24) is 0 Å². The maximum Gasteiger partial charge on any atom is 0.222 e. The van der Waals surface area contributed by atoms with E-state index in [0.717, 1.165) is 22.3 Å². The zero-order chi connectivity index (χ0) is 31.3. The Bertz CT molecular complexity index is 1460. The van der Waals surface area contributed by atoms with E-state index in [-0.39, 0.29) is 19.8 Å². The van der Waals surface area contributed by atoms with E-state index >= 15 is 0 Å². The van der Waals surface area contributed by atoms with E-state index in [1.165, 1.54) is 0 Å². The van der Waals surface area contributed by atoms with Crippen LogP contribution in [-0.4, -0.2) is 41.9 Å². The van der Waals surface area contributed by atoms with Gasteiger partial charge in [-0.3, -0.25) is 0 Å². The Morgan fingerprint density at radius 1 is 0.667 bits per heavy atom. The minimum absolute atomic E-state index is 0.154. The lowest BCUT2D eigenvalue weighted by Gasteiger charge is -2.50. The van der Waals surface area contributed by atoms with Gasteiger partial charge in [0.25, 0.3) is 0 Å². The first-order chi connectivity index (χ1) is 22.1. The molecule has 1 aliphatic heterocycles. The SMILES string of the molecule is C=C/C(=C\C)C1(O)O[C@H](COCc2ccccc2)[C@@H](OCc2ccccc2)[C@H](OCc2ccccc2)[C@H]1OCc1ccccc1. The van der Waals surface area contributed by atoms with Gasteiger partial charge in [-0.25, -0.2) is 0 Å². The molecule has 0 amide bonds. The second-order valence-electron chi connectivity index (χ2n) is 11.0. The first-order valence-electron chi connectivity index (χ1n) is 15.4. The van der Waals surface area contributed by atoms with E-state index in [2.05, 4.69) is 6.58 Å². The van der Waals surface area contributed by atoms with E-state index in [1.807, 2.05) is 128 Å². The summed E-state index contributed by atoms with van der Waals surface area (Å²) in [4.78, 5) is 0. The molecule has 1 heterocycles. The van der Waals surface area contributed by atoms with Gasteiger partial charge in [-0.15, -0.1) is 0 Å². The highest BCUT2D eigenvalue weighted by molar-refractivity contribution is 5.29. The van der Waals surface area contributed by atoms with Gasteiger partial charge in [-0.2, -0.15) is 0 Å². The van der Waals surface area contributed by atoms with E-state index < -0.39 is 30.2 Å². The van der Waals surface area contributed by atoms with Crippen LogP contribution in [0.3, 0.4) is 0 Å². The van der Waals surface area contributed by atoms with Crippen LogP contribution < -0.4 is 0 Å². The van der Waals surface area contributed by atoms with Crippen molar-refractivity contribution in [1.29, 1.82) is 0 Å². The van der Waals surface area contributed by atoms with Crippen molar-refractivity contribution in [2.24, 2.45) is 0 Å². The van der Waals surface area contributed by atoms with E-state index in [9.17, 15) is 5.11 Å². The molecule has 234 valence electrons. The molecule has 1 fully saturated rings. The molecule has 0 radical (unpaired) electrons. The Hall–Kier alpha value is -3.88. The topological polar surface area (TPSA) is 66.4 Å². The molecule has 0 aliphatic carbocycles. The Labute approximate surface area is 266 Å². The molecule has 1 aliphatic rings. The Balaban J connectivity index is 1.50. The highest BCUT2D eigenvalue weighted by Crippen LogP contribution is 2.40. The molecular weight excluding hydrogens is 564 g/mol. The van der Waals surface area contributed by atoms with Crippen LogP contribution in [0.5, 0.6) is 0 Å². The van der Waals surface area contributed by atoms with Gasteiger partial charge in [0, 0.05) is 5.57 Å². The normalized spacial score (nSPS) is 23.5. The molecule has 5 rings (SSSR count). The number of rotatable bonds is 15. The molecule has 0 saturated carbocycles. The summed E-state index contributed by atoms with van der Waals surface area (Å²) < 4.78 is 32.7. The summed E-state index contributed by atoms with van der Waals surface area (Å²) in [5.74, 6) is -1.89. The molecular formula is C39H42O6. The summed E-state index contributed by atoms with van der Waals surface area (Å²) in [5, 5.41) is 12.4. The number of allylic oxidation sites excluding steroid dienone is 1. The lowest BCUT2D eigenvalue weighted by Crippen LogP contribution is -2.67. The number of hydrogen-bond acceptors (Lipinski definition) is 6. The smallest absolute Gasteiger partial charge is 0.222 e. The second-order valence-corrected chi connectivity index (χ2v) is 11.0. The van der Waals surface area contributed by atoms with E-state index in [0.29, 0.717) is 18.8 Å². The van der Waals surface area contributed by atoms with E-state index in [1.54, 1.807) is 12.2 Å². The predicted molar refractivity (Wildman–Crippen MR) is 175 cm³/mol. The van der Waals surface area contributed by atoms with Crippen LogP contribution in [0.25, 0.3) is 0 Å². The Morgan fingerprint density at radius 2 is 1.09 bits per heavy atom. The van der Waals surface area contributed by atoms with Crippen molar-refractivity contribution in [2.75, 3.05) is 6.61 Å². The number of ether oxygens (including phenoxy) is 5. The molecule has 4 aromatic carbocycles. The molecule has 1 N–H and O–H groups in total. The summed E-state index contributed by atoms with van der Waals surface area (Å²) in [6, 6.07) is 39.7. The van der Waals surface area contributed by atoms with Crippen molar-refractivity contribution < 1.29 is 28.8 Å². The Kier molecular flexibility index (Phi) is 11.9. The van der Waals surface area contributed by atoms with Gasteiger partial charge in [0.15, 0.2) is 0 Å². The second kappa shape index (κ2) is 16.4. The van der Waals surface area contributed by atoms with Crippen molar-refractivity contribution >= 4 is 0 Å². The fraction of sp³-hybridized carbons (Fsp3) is 0.282. The maximum atomic E-state index is 12.4. The maximum absolute atomic E-state index is 12.4. The van der Waals surface area contributed by atoms with E-state index in [4.69, 9.17) is 23.7 Å². The molecule has 1 saturated heterocycles. The van der Waals surface area contributed by atoms with Gasteiger partial charge in [0.05, 0.1) is 33.0 Å². The van der Waals surface area contributed by atoms with Crippen LogP contribution in [0.1, 0.15) is 29.2 Å². The zero-order valence-electron chi connectivity index (χ0n) is 25.7. The third-order valence-electron chi connectivity index (χ3n) is 7.89. The summed E-state index contributed by atoms with van der Waals surface area (Å²) in [7, 11) is 0. The first-order valence-corrected chi connectivity index (χ1v) is 15.4. The first kappa shape index (κ1) is 32.5. The van der Waals surface area contributed by atoms with Crippen LogP contribution in [0.15, 0.2) is 146 Å². The lowest BCUT2D eigenvalue weighted by molar-refractivity contribution is -0.354. The monoisotopic (exact) mass is 606 g/mol. The molecule has 5 atom stereocenters. The average Bonchev–Trinajstić information content (AvgIpc) is 3.09. The fourth-order valence-electron chi connectivity index (χ4n) is 5.56. The standard InChI is InChI=1S/C39H42O6/c1-3-34(4-2)39(40)38(44-28-33-23-15-8-16-24-33)37(43-27-32-21-13-7-14-22-32)36(42-26-31-19-11-6-12-20-31)35(45-39)29-41-25-30-17-9-5-10-18-30/h3-24,35-38,40H,1,25-29H2,2H3/b34-4+/t35-,36-,37+,38-,39?/m1/s1. The third kappa shape index (κ3) is 8.65. The van der Waals surface area contributed by atoms with Crippen LogP contribution in [0.4, 0.5) is 0 Å². The van der Waals surface area contributed by atoms with Gasteiger partial charge in [0.2, 0.25) is 5.79 Å². The van der Waals surface area contributed by atoms with Crippen molar-refractivity contribution in [3.05, 3.63) is 168 Å². The minimum Gasteiger partial charge on any atom is -0.374 e. The minimum atomic E-state index is -1.89. The average molecular weight is 607 g/mol. The third-order valence-corrected chi connectivity index (χ3v) is 7.89. The largest absolute Gasteiger partial charge is 0.374 e. The Morgan fingerprint density at radius 3 is 1.53 bits per heavy atom. The fourth-order valence-corrected chi connectivity index (χ4v) is 5.56. The van der Waals surface area contributed by atoms with Crippen molar-refractivity contribution in [3.63, 3.8) is 0 Å². The van der Waals surface area contributed by atoms with Gasteiger partial charge in [-0.05, 0) is 29.2 Å². The molecule has 6 heteroatoms. The predicted octanol–water partition coefficient (Wildman–Crippen LogP) is 7.18. The molecule has 6 nitrogen and oxygen atoms in total. The van der Waals surface area contributed by atoms with Crippen LogP contribution in [-0.2, 0) is 50.1 Å². The summed E-state index contributed by atoms with van der Waals surface area (Å²) in [6.07, 6.45) is 0.338. The quantitative estimate of drug-likeness (QED) is 0.145. The number of benzene rings is 4. The van der Waals surface area contributed by atoms with Gasteiger partial charge in [0.1, 0.15) is 24.4 Å². The van der Waals surface area contributed by atoms with Crippen molar-refractivity contribution in [2.45, 2.75) is 63.6 Å². The molecule has 4 aromatic rings. The zero-order valence-corrected chi connectivity index (χ0v) is 25.7. The number of aliphatic hydroxyl groups is 1. The molecule has 45 heavy (non-hydrogen) atoms. The number of hydrogen-bond donors (Lipinski definition) is 1. The van der Waals surface area contributed by atoms with Gasteiger partial charge in [-0.1, -0.05) is 140 Å². The molecule has 0 aromatic heterocycles. The summed E-state index contributed by atoms with van der Waals surface area (Å²) in [6.45, 7) is 7.19. The molecule has 1 unspecified atom stereocenters. The highest BCUT2D eigenvalue weighted by Gasteiger charge is 2.57. The van der Waals surface area contributed by atoms with Crippen molar-refractivity contribution in [3.8, 4) is 0 Å². The molecule has 0 spiro atoms. The summed E-state index contributed by atoms with van der Waals surface area (Å²) >= 11 is 0. The van der Waals surface area contributed by atoms with Crippen LogP contribution >= 0.6 is 0 Å². The van der Waals surface area contributed by atoms with Crippen LogP contribution in [0.2, 0.25) is 0 Å². The highest BCUT2D eigenvalue weighted by atomic mass is 16.7. The van der Waals surface area contributed by atoms with Gasteiger partial charge >= 0.3 is 0 Å². The molecule has 0 bridgehead atoms. The van der Waals surface area contributed by atoms with Crippen LogP contribution in [0, 0.1) is 0 Å².